The minimum atomic E-state index is -4.16. The van der Waals surface area contributed by atoms with Crippen LogP contribution in [0.2, 0.25) is 0 Å². The highest BCUT2D eigenvalue weighted by molar-refractivity contribution is 5.36. The molecule has 0 saturated carbocycles. The molecule has 0 aromatic carbocycles. The Bertz CT molecular complexity index is 440. The van der Waals surface area contributed by atoms with E-state index in [1.807, 2.05) is 13.8 Å². The Kier molecular flexibility index (Phi) is 3.60. The molecule has 1 saturated heterocycles. The summed E-state index contributed by atoms with van der Waals surface area (Å²) < 4.78 is 40.0. The summed E-state index contributed by atoms with van der Waals surface area (Å²) in [5, 5.41) is 4.03. The van der Waals surface area contributed by atoms with E-state index in [1.165, 1.54) is 0 Å². The van der Waals surface area contributed by atoms with Crippen molar-refractivity contribution in [3.05, 3.63) is 0 Å². The number of aromatic nitrogens is 3. The van der Waals surface area contributed by atoms with Gasteiger partial charge in [-0.25, -0.2) is 4.68 Å². The molecule has 1 fully saturated rings. The minimum absolute atomic E-state index is 0.00561. The molecule has 2 N–H and O–H groups in total. The fourth-order valence-corrected chi connectivity index (χ4v) is 2.32. The molecular weight excluding hydrogens is 259 g/mol. The highest BCUT2D eigenvalue weighted by Crippen LogP contribution is 2.34. The van der Waals surface area contributed by atoms with Gasteiger partial charge in [-0.1, -0.05) is 0 Å². The van der Waals surface area contributed by atoms with Gasteiger partial charge in [0.15, 0.2) is 0 Å². The van der Waals surface area contributed by atoms with Crippen LogP contribution in [0, 0.1) is 5.92 Å². The van der Waals surface area contributed by atoms with E-state index in [1.54, 1.807) is 9.58 Å². The van der Waals surface area contributed by atoms with Crippen molar-refractivity contribution in [3.63, 3.8) is 0 Å². The first kappa shape index (κ1) is 14.0. The van der Waals surface area contributed by atoms with Gasteiger partial charge >= 0.3 is 6.18 Å². The van der Waals surface area contributed by atoms with Crippen LogP contribution in [0.5, 0.6) is 0 Å². The van der Waals surface area contributed by atoms with E-state index in [0.717, 1.165) is 0 Å². The summed E-state index contributed by atoms with van der Waals surface area (Å²) in [6, 6.07) is 0.00561. The second-order valence-corrected chi connectivity index (χ2v) is 5.14. The van der Waals surface area contributed by atoms with Crippen LogP contribution >= 0.6 is 0 Å². The number of nitrogen functional groups attached to an aromatic ring is 1. The van der Waals surface area contributed by atoms with Gasteiger partial charge in [0, 0.05) is 13.1 Å². The molecule has 1 unspecified atom stereocenters. The molecule has 1 aromatic rings. The third-order valence-electron chi connectivity index (χ3n) is 3.29. The van der Waals surface area contributed by atoms with Gasteiger partial charge in [0.2, 0.25) is 11.9 Å². The van der Waals surface area contributed by atoms with Crippen molar-refractivity contribution in [2.24, 2.45) is 5.92 Å². The maximum Gasteiger partial charge on any atom is 0.393 e. The van der Waals surface area contributed by atoms with Gasteiger partial charge in [-0.05, 0) is 26.7 Å². The maximum absolute atomic E-state index is 12.8. The molecule has 1 atom stereocenters. The smallest absolute Gasteiger partial charge is 0.366 e. The third kappa shape index (κ3) is 2.93. The van der Waals surface area contributed by atoms with E-state index >= 15 is 0 Å². The summed E-state index contributed by atoms with van der Waals surface area (Å²) in [4.78, 5) is 5.69. The zero-order valence-corrected chi connectivity index (χ0v) is 11.0. The van der Waals surface area contributed by atoms with Gasteiger partial charge < -0.3 is 10.6 Å². The van der Waals surface area contributed by atoms with Gasteiger partial charge in [-0.15, -0.1) is 5.10 Å². The van der Waals surface area contributed by atoms with Crippen molar-refractivity contribution in [2.75, 3.05) is 23.7 Å². The Labute approximate surface area is 109 Å². The molecule has 19 heavy (non-hydrogen) atoms. The first-order valence-electron chi connectivity index (χ1n) is 6.32. The van der Waals surface area contributed by atoms with E-state index in [0.29, 0.717) is 18.9 Å². The van der Waals surface area contributed by atoms with E-state index in [9.17, 15) is 13.2 Å². The first-order chi connectivity index (χ1) is 8.79. The molecule has 0 aliphatic carbocycles. The van der Waals surface area contributed by atoms with Crippen LogP contribution in [0.4, 0.5) is 25.1 Å². The average Bonchev–Trinajstić information content (AvgIpc) is 2.71. The number of hydrogen-bond donors (Lipinski definition) is 1. The summed E-state index contributed by atoms with van der Waals surface area (Å²) in [5.74, 6) is -0.779. The summed E-state index contributed by atoms with van der Waals surface area (Å²) in [6.45, 7) is 4.26. The highest BCUT2D eigenvalue weighted by Gasteiger charge is 2.42. The van der Waals surface area contributed by atoms with Crippen molar-refractivity contribution in [1.29, 1.82) is 0 Å². The zero-order chi connectivity index (χ0) is 14.2. The lowest BCUT2D eigenvalue weighted by Gasteiger charge is -2.34. The fourth-order valence-electron chi connectivity index (χ4n) is 2.32. The molecule has 1 aromatic heterocycles. The molecule has 0 amide bonds. The van der Waals surface area contributed by atoms with Gasteiger partial charge in [-0.2, -0.15) is 18.2 Å². The SMILES string of the molecule is CC(C)n1nc(N)nc1N1CCCC(C(F)(F)F)C1. The molecule has 0 bridgehead atoms. The number of nitrogens with zero attached hydrogens (tertiary/aromatic N) is 4. The summed E-state index contributed by atoms with van der Waals surface area (Å²) in [6.07, 6.45) is -3.49. The number of anilines is 2. The van der Waals surface area contributed by atoms with Crippen LogP contribution in [0.15, 0.2) is 0 Å². The van der Waals surface area contributed by atoms with Crippen LogP contribution in [-0.2, 0) is 0 Å². The molecule has 108 valence electrons. The molecule has 2 heterocycles. The molecule has 2 rings (SSSR count). The molecule has 0 radical (unpaired) electrons. The lowest BCUT2D eigenvalue weighted by molar-refractivity contribution is -0.176. The monoisotopic (exact) mass is 277 g/mol. The number of halogens is 3. The van der Waals surface area contributed by atoms with Crippen LogP contribution in [0.25, 0.3) is 0 Å². The predicted molar refractivity (Wildman–Crippen MR) is 65.8 cm³/mol. The van der Waals surface area contributed by atoms with Gasteiger partial charge in [-0.3, -0.25) is 0 Å². The largest absolute Gasteiger partial charge is 0.393 e. The minimum Gasteiger partial charge on any atom is -0.366 e. The molecule has 8 heteroatoms. The van der Waals surface area contributed by atoms with E-state index in [4.69, 9.17) is 5.73 Å². The number of piperidine rings is 1. The van der Waals surface area contributed by atoms with Crippen molar-refractivity contribution in [1.82, 2.24) is 14.8 Å². The zero-order valence-electron chi connectivity index (χ0n) is 11.0. The Morgan fingerprint density at radius 1 is 1.37 bits per heavy atom. The summed E-state index contributed by atoms with van der Waals surface area (Å²) in [5.41, 5.74) is 5.55. The first-order valence-corrected chi connectivity index (χ1v) is 6.32. The quantitative estimate of drug-likeness (QED) is 0.900. The summed E-state index contributed by atoms with van der Waals surface area (Å²) >= 11 is 0. The van der Waals surface area contributed by atoms with E-state index in [-0.39, 0.29) is 25.0 Å². The van der Waals surface area contributed by atoms with Crippen molar-refractivity contribution < 1.29 is 13.2 Å². The lowest BCUT2D eigenvalue weighted by Crippen LogP contribution is -2.43. The fraction of sp³-hybridized carbons (Fsp3) is 0.818. The van der Waals surface area contributed by atoms with Crippen LogP contribution in [-0.4, -0.2) is 34.0 Å². The van der Waals surface area contributed by atoms with E-state index < -0.39 is 12.1 Å². The maximum atomic E-state index is 12.8. The second-order valence-electron chi connectivity index (χ2n) is 5.14. The highest BCUT2D eigenvalue weighted by atomic mass is 19.4. The molecule has 1 aliphatic heterocycles. The number of rotatable bonds is 2. The van der Waals surface area contributed by atoms with Crippen LogP contribution in [0.1, 0.15) is 32.7 Å². The standard InChI is InChI=1S/C11H18F3N5/c1-7(2)19-10(16-9(15)17-19)18-5-3-4-8(6-18)11(12,13)14/h7-8H,3-6H2,1-2H3,(H2,15,17). The molecule has 5 nitrogen and oxygen atoms in total. The molecular formula is C11H18F3N5. The molecule has 0 spiro atoms. The van der Waals surface area contributed by atoms with Crippen molar-refractivity contribution in [2.45, 2.75) is 38.9 Å². The Hall–Kier alpha value is -1.47. The van der Waals surface area contributed by atoms with Crippen LogP contribution < -0.4 is 10.6 Å². The summed E-state index contributed by atoms with van der Waals surface area (Å²) in [7, 11) is 0. The van der Waals surface area contributed by atoms with Gasteiger partial charge in [0.05, 0.1) is 12.0 Å². The van der Waals surface area contributed by atoms with Gasteiger partial charge in [0.25, 0.3) is 0 Å². The second kappa shape index (κ2) is 4.90. The Morgan fingerprint density at radius 2 is 2.05 bits per heavy atom. The lowest BCUT2D eigenvalue weighted by atomic mass is 9.98. The van der Waals surface area contributed by atoms with Crippen molar-refractivity contribution >= 4 is 11.9 Å². The Morgan fingerprint density at radius 3 is 2.63 bits per heavy atom. The Balaban J connectivity index is 2.22. The van der Waals surface area contributed by atoms with Crippen LogP contribution in [0.3, 0.4) is 0 Å². The average molecular weight is 277 g/mol. The number of alkyl halides is 3. The predicted octanol–water partition coefficient (Wildman–Crippen LogP) is 2.22. The normalized spacial score (nSPS) is 21.2. The van der Waals surface area contributed by atoms with Crippen molar-refractivity contribution in [3.8, 4) is 0 Å². The third-order valence-corrected chi connectivity index (χ3v) is 3.29. The number of hydrogen-bond acceptors (Lipinski definition) is 4. The van der Waals surface area contributed by atoms with Gasteiger partial charge in [0.1, 0.15) is 0 Å². The van der Waals surface area contributed by atoms with E-state index in [2.05, 4.69) is 10.1 Å². The topological polar surface area (TPSA) is 60.0 Å². The molecule has 1 aliphatic rings. The number of nitrogens with two attached hydrogens (primary N) is 1.